The van der Waals surface area contributed by atoms with Crippen molar-refractivity contribution in [3.63, 3.8) is 0 Å². The van der Waals surface area contributed by atoms with E-state index in [0.717, 1.165) is 17.0 Å². The number of ketones is 1. The maximum atomic E-state index is 13.2. The molecule has 1 aromatic heterocycles. The molecule has 2 atom stereocenters. The summed E-state index contributed by atoms with van der Waals surface area (Å²) in [6.07, 6.45) is 3.16. The summed E-state index contributed by atoms with van der Waals surface area (Å²) < 4.78 is 0. The summed E-state index contributed by atoms with van der Waals surface area (Å²) in [5.74, 6) is 0.246. The van der Waals surface area contributed by atoms with E-state index in [1.54, 1.807) is 11.8 Å². The molecule has 4 rings (SSSR count). The number of carbonyl (C=O) groups excluding carboxylic acids is 1. The molecule has 4 aromatic rings. The lowest BCUT2D eigenvalue weighted by Crippen LogP contribution is -2.22. The van der Waals surface area contributed by atoms with Gasteiger partial charge in [0.05, 0.1) is 5.03 Å². The maximum absolute atomic E-state index is 13.2. The van der Waals surface area contributed by atoms with Gasteiger partial charge in [0.1, 0.15) is 0 Å². The van der Waals surface area contributed by atoms with Crippen LogP contribution in [0.15, 0.2) is 120 Å². The largest absolute Gasteiger partial charge is 0.294 e. The second kappa shape index (κ2) is 10.7. The van der Waals surface area contributed by atoms with Gasteiger partial charge in [0.15, 0.2) is 5.78 Å². The smallest absolute Gasteiger partial charge is 0.163 e. The minimum Gasteiger partial charge on any atom is -0.294 e. The third kappa shape index (κ3) is 5.93. The monoisotopic (exact) mass is 423 g/mol. The molecule has 0 unspecified atom stereocenters. The molecule has 0 aliphatic heterocycles. The minimum atomic E-state index is 0.0705. The fourth-order valence-corrected chi connectivity index (χ4v) is 5.07. The van der Waals surface area contributed by atoms with Crippen molar-refractivity contribution < 1.29 is 4.79 Å². The highest BCUT2D eigenvalue weighted by Crippen LogP contribution is 2.38. The summed E-state index contributed by atoms with van der Waals surface area (Å²) >= 11 is 1.76. The van der Waals surface area contributed by atoms with Crippen molar-refractivity contribution in [2.75, 3.05) is 0 Å². The number of Topliss-reactive ketones (excluding diaryl/α,β-unsaturated/α-hetero) is 1. The van der Waals surface area contributed by atoms with Crippen LogP contribution in [0, 0.1) is 0 Å². The molecule has 0 aliphatic rings. The van der Waals surface area contributed by atoms with Gasteiger partial charge < -0.3 is 0 Å². The molecule has 0 bridgehead atoms. The van der Waals surface area contributed by atoms with E-state index < -0.39 is 0 Å². The highest BCUT2D eigenvalue weighted by atomic mass is 32.2. The van der Waals surface area contributed by atoms with Gasteiger partial charge in [0, 0.05) is 29.3 Å². The van der Waals surface area contributed by atoms with E-state index in [1.165, 1.54) is 11.1 Å². The van der Waals surface area contributed by atoms with Crippen molar-refractivity contribution >= 4 is 17.5 Å². The van der Waals surface area contributed by atoms with Gasteiger partial charge >= 0.3 is 0 Å². The van der Waals surface area contributed by atoms with Crippen LogP contribution in [0.25, 0.3) is 0 Å². The van der Waals surface area contributed by atoms with Crippen LogP contribution in [0.5, 0.6) is 0 Å². The maximum Gasteiger partial charge on any atom is 0.163 e. The molecule has 31 heavy (non-hydrogen) atoms. The Morgan fingerprint density at radius 3 is 2.00 bits per heavy atom. The molecule has 0 saturated heterocycles. The van der Waals surface area contributed by atoms with Crippen LogP contribution in [0.1, 0.15) is 33.8 Å². The number of pyridine rings is 1. The van der Waals surface area contributed by atoms with Crippen LogP contribution in [-0.2, 0) is 6.42 Å². The summed E-state index contributed by atoms with van der Waals surface area (Å²) in [6.45, 7) is 0. The molecular weight excluding hydrogens is 398 g/mol. The molecule has 0 fully saturated rings. The average Bonchev–Trinajstić information content (AvgIpc) is 2.84. The molecule has 3 heteroatoms. The lowest BCUT2D eigenvalue weighted by atomic mass is 9.86. The number of thioether (sulfide) groups is 1. The van der Waals surface area contributed by atoms with Gasteiger partial charge in [-0.15, -0.1) is 11.8 Å². The Bertz CT molecular complexity index is 1030. The Kier molecular flexibility index (Phi) is 7.30. The number of hydrogen-bond donors (Lipinski definition) is 0. The van der Waals surface area contributed by atoms with Crippen molar-refractivity contribution in [2.45, 2.75) is 29.0 Å². The van der Waals surface area contributed by atoms with Gasteiger partial charge in [-0.3, -0.25) is 4.79 Å². The van der Waals surface area contributed by atoms with E-state index in [2.05, 4.69) is 53.5 Å². The number of carbonyl (C=O) groups is 1. The lowest BCUT2D eigenvalue weighted by Gasteiger charge is -2.27. The van der Waals surface area contributed by atoms with Crippen LogP contribution in [-0.4, -0.2) is 16.0 Å². The number of benzene rings is 3. The second-order valence-corrected chi connectivity index (χ2v) is 8.78. The summed E-state index contributed by atoms with van der Waals surface area (Å²) in [5.41, 5.74) is 3.23. The van der Waals surface area contributed by atoms with Gasteiger partial charge in [-0.05, 0) is 29.7 Å². The number of nitrogens with zero attached hydrogens (tertiary/aromatic N) is 1. The summed E-state index contributed by atoms with van der Waals surface area (Å²) in [5, 5.41) is 1.16. The molecule has 2 nitrogen and oxygen atoms in total. The lowest BCUT2D eigenvalue weighted by molar-refractivity contribution is 0.0973. The van der Waals surface area contributed by atoms with E-state index in [0.29, 0.717) is 6.42 Å². The number of rotatable bonds is 9. The first-order chi connectivity index (χ1) is 15.3. The van der Waals surface area contributed by atoms with Crippen molar-refractivity contribution in [1.29, 1.82) is 0 Å². The summed E-state index contributed by atoms with van der Waals surface area (Å²) in [4.78, 5) is 17.8. The first-order valence-corrected chi connectivity index (χ1v) is 11.4. The molecule has 0 saturated carbocycles. The van der Waals surface area contributed by atoms with Gasteiger partial charge in [-0.1, -0.05) is 97.1 Å². The van der Waals surface area contributed by atoms with Gasteiger partial charge in [0.2, 0.25) is 0 Å². The molecular formula is C28H25NOS. The Morgan fingerprint density at radius 1 is 0.742 bits per heavy atom. The van der Waals surface area contributed by atoms with E-state index in [1.807, 2.05) is 66.9 Å². The highest BCUT2D eigenvalue weighted by Gasteiger charge is 2.28. The third-order valence-electron chi connectivity index (χ3n) is 5.37. The Hall–Kier alpha value is -3.17. The Labute approximate surface area is 188 Å². The first-order valence-electron chi connectivity index (χ1n) is 10.5. The van der Waals surface area contributed by atoms with Crippen molar-refractivity contribution in [3.05, 3.63) is 132 Å². The fourth-order valence-electron chi connectivity index (χ4n) is 3.79. The highest BCUT2D eigenvalue weighted by molar-refractivity contribution is 7.99. The van der Waals surface area contributed by atoms with Gasteiger partial charge in [-0.25, -0.2) is 4.98 Å². The number of aromatic nitrogens is 1. The number of hydrogen-bond acceptors (Lipinski definition) is 3. The van der Waals surface area contributed by atoms with E-state index >= 15 is 0 Å². The van der Waals surface area contributed by atoms with E-state index in [-0.39, 0.29) is 17.0 Å². The molecule has 0 amide bonds. The van der Waals surface area contributed by atoms with Crippen LogP contribution in [0.4, 0.5) is 0 Å². The van der Waals surface area contributed by atoms with Gasteiger partial charge in [-0.2, -0.15) is 0 Å². The average molecular weight is 424 g/mol. The van der Waals surface area contributed by atoms with Crippen LogP contribution >= 0.6 is 11.8 Å². The zero-order valence-electron chi connectivity index (χ0n) is 17.3. The van der Waals surface area contributed by atoms with Gasteiger partial charge in [0.25, 0.3) is 0 Å². The molecule has 3 aromatic carbocycles. The Balaban J connectivity index is 1.68. The molecule has 1 heterocycles. The topological polar surface area (TPSA) is 30.0 Å². The fraction of sp³-hybridized carbons (Fsp3) is 0.143. The zero-order chi connectivity index (χ0) is 21.3. The summed E-state index contributed by atoms with van der Waals surface area (Å²) in [7, 11) is 0. The van der Waals surface area contributed by atoms with E-state index in [4.69, 9.17) is 0 Å². The standard InChI is InChI=1S/C28H25NOS/c30-26(24-16-8-3-9-17-24)21-25(23-14-6-2-7-15-23)27(20-22-12-4-1-5-13-22)31-28-18-10-11-19-29-28/h1-19,25,27H,20-21H2/t25-,27+/m0/s1. The van der Waals surface area contributed by atoms with Crippen LogP contribution < -0.4 is 0 Å². The predicted molar refractivity (Wildman–Crippen MR) is 129 cm³/mol. The molecule has 154 valence electrons. The predicted octanol–water partition coefficient (Wildman–Crippen LogP) is 6.84. The van der Waals surface area contributed by atoms with Crippen LogP contribution in [0.3, 0.4) is 0 Å². The minimum absolute atomic E-state index is 0.0705. The third-order valence-corrected chi connectivity index (χ3v) is 6.65. The second-order valence-electron chi connectivity index (χ2n) is 7.52. The quantitative estimate of drug-likeness (QED) is 0.218. The normalized spacial score (nSPS) is 12.8. The first kappa shape index (κ1) is 21.1. The zero-order valence-corrected chi connectivity index (χ0v) is 18.1. The van der Waals surface area contributed by atoms with Crippen molar-refractivity contribution in [1.82, 2.24) is 4.98 Å². The summed E-state index contributed by atoms with van der Waals surface area (Å²) in [6, 6.07) is 36.5. The van der Waals surface area contributed by atoms with E-state index in [9.17, 15) is 4.79 Å². The molecule has 0 N–H and O–H groups in total. The van der Waals surface area contributed by atoms with Crippen molar-refractivity contribution in [2.24, 2.45) is 0 Å². The SMILES string of the molecule is O=C(C[C@@H](c1ccccc1)[C@@H](Cc1ccccc1)Sc1ccccn1)c1ccccc1. The molecule has 0 radical (unpaired) electrons. The van der Waals surface area contributed by atoms with Crippen LogP contribution in [0.2, 0.25) is 0 Å². The molecule has 0 aliphatic carbocycles. The Morgan fingerprint density at radius 2 is 1.35 bits per heavy atom. The molecule has 0 spiro atoms. The van der Waals surface area contributed by atoms with Crippen molar-refractivity contribution in [3.8, 4) is 0 Å².